The number of nitrogens with zero attached hydrogens (tertiary/aromatic N) is 4. The van der Waals surface area contributed by atoms with E-state index in [0.717, 1.165) is 45.4 Å². The van der Waals surface area contributed by atoms with Crippen LogP contribution in [0.15, 0.2) is 35.3 Å². The molecular formula is C21H23BrN6. The van der Waals surface area contributed by atoms with E-state index in [2.05, 4.69) is 48.3 Å². The molecule has 7 heteroatoms. The Labute approximate surface area is 173 Å². The average molecular weight is 439 g/mol. The number of benzene rings is 1. The maximum atomic E-state index is 9.70. The summed E-state index contributed by atoms with van der Waals surface area (Å²) in [4.78, 5) is 13.8. The zero-order valence-electron chi connectivity index (χ0n) is 15.9. The lowest BCUT2D eigenvalue weighted by atomic mass is 10.0. The van der Waals surface area contributed by atoms with Gasteiger partial charge in [0.2, 0.25) is 0 Å². The molecule has 1 aliphatic rings. The number of nitrogens with one attached hydrogen (secondary N) is 2. The molecule has 2 heterocycles. The molecule has 0 amide bonds. The van der Waals surface area contributed by atoms with E-state index in [4.69, 9.17) is 0 Å². The topological polar surface area (TPSA) is 80.6 Å². The number of pyridine rings is 1. The standard InChI is InChI=1S/C21H23BrN6/c1-28(19-12-24-13-26-19)16-8-17-20(27-15-6-4-2-3-5-7-15)14(10-23)11-25-21(17)18(22)9-16/h8-9,11-13,15H,2-7H2,1H3,(H,24,26)(H,25,27). The fraction of sp³-hybridized carbons (Fsp3) is 0.381. The van der Waals surface area contributed by atoms with Gasteiger partial charge in [-0.15, -0.1) is 0 Å². The number of rotatable bonds is 4. The first-order valence-corrected chi connectivity index (χ1v) is 10.5. The minimum Gasteiger partial charge on any atom is -0.381 e. The molecule has 0 radical (unpaired) electrons. The molecular weight excluding hydrogens is 416 g/mol. The lowest BCUT2D eigenvalue weighted by Gasteiger charge is -2.22. The van der Waals surface area contributed by atoms with Crippen molar-refractivity contribution < 1.29 is 0 Å². The largest absolute Gasteiger partial charge is 0.381 e. The van der Waals surface area contributed by atoms with Crippen LogP contribution in [0.4, 0.5) is 17.2 Å². The number of halogens is 1. The summed E-state index contributed by atoms with van der Waals surface area (Å²) in [5, 5.41) is 14.3. The van der Waals surface area contributed by atoms with E-state index in [1.807, 2.05) is 18.0 Å². The Hall–Kier alpha value is -2.59. The van der Waals surface area contributed by atoms with Crippen LogP contribution in [-0.4, -0.2) is 28.0 Å². The van der Waals surface area contributed by atoms with Crippen LogP contribution < -0.4 is 10.2 Å². The summed E-state index contributed by atoms with van der Waals surface area (Å²) >= 11 is 3.67. The Balaban J connectivity index is 1.80. The molecule has 6 nitrogen and oxygen atoms in total. The van der Waals surface area contributed by atoms with E-state index in [1.165, 1.54) is 25.7 Å². The van der Waals surface area contributed by atoms with Crippen molar-refractivity contribution in [2.24, 2.45) is 0 Å². The number of anilines is 3. The normalized spacial score (nSPS) is 15.2. The Morgan fingerprint density at radius 2 is 2.00 bits per heavy atom. The van der Waals surface area contributed by atoms with Gasteiger partial charge in [-0.3, -0.25) is 4.98 Å². The Morgan fingerprint density at radius 3 is 2.68 bits per heavy atom. The van der Waals surface area contributed by atoms with Crippen LogP contribution in [0.25, 0.3) is 10.9 Å². The first-order valence-electron chi connectivity index (χ1n) is 9.68. The minimum atomic E-state index is 0.396. The number of H-pyrrole nitrogens is 1. The van der Waals surface area contributed by atoms with Crippen LogP contribution in [-0.2, 0) is 0 Å². The highest BCUT2D eigenvalue weighted by Gasteiger charge is 2.18. The van der Waals surface area contributed by atoms with E-state index in [-0.39, 0.29) is 0 Å². The maximum Gasteiger partial charge on any atom is 0.130 e. The first kappa shape index (κ1) is 18.8. The smallest absolute Gasteiger partial charge is 0.130 e. The molecule has 0 atom stereocenters. The monoisotopic (exact) mass is 438 g/mol. The predicted octanol–water partition coefficient (Wildman–Crippen LogP) is 5.49. The second-order valence-electron chi connectivity index (χ2n) is 7.31. The maximum absolute atomic E-state index is 9.70. The number of hydrogen-bond donors (Lipinski definition) is 2. The molecule has 0 aliphatic heterocycles. The Bertz CT molecular complexity index is 1000. The predicted molar refractivity (Wildman–Crippen MR) is 116 cm³/mol. The molecule has 3 aromatic rings. The van der Waals surface area contributed by atoms with Gasteiger partial charge in [0.25, 0.3) is 0 Å². The fourth-order valence-electron chi connectivity index (χ4n) is 3.88. The number of aromatic nitrogens is 3. The molecule has 0 saturated heterocycles. The van der Waals surface area contributed by atoms with Crippen molar-refractivity contribution in [1.29, 1.82) is 5.26 Å². The van der Waals surface area contributed by atoms with Crippen molar-refractivity contribution in [3.05, 3.63) is 40.9 Å². The molecule has 2 aromatic heterocycles. The summed E-state index contributed by atoms with van der Waals surface area (Å²) in [6.45, 7) is 0. The third-order valence-electron chi connectivity index (χ3n) is 5.47. The van der Waals surface area contributed by atoms with Gasteiger partial charge in [0.15, 0.2) is 0 Å². The van der Waals surface area contributed by atoms with E-state index >= 15 is 0 Å². The molecule has 1 aliphatic carbocycles. The van der Waals surface area contributed by atoms with Crippen molar-refractivity contribution in [1.82, 2.24) is 15.0 Å². The molecule has 1 aromatic carbocycles. The SMILES string of the molecule is CN(c1cc(Br)c2ncc(C#N)c(NC3CCCCCC3)c2c1)c1cnc[nH]1. The summed E-state index contributed by atoms with van der Waals surface area (Å²) in [6, 6.07) is 6.85. The zero-order chi connectivity index (χ0) is 19.5. The summed E-state index contributed by atoms with van der Waals surface area (Å²) in [7, 11) is 1.99. The second kappa shape index (κ2) is 8.19. The van der Waals surface area contributed by atoms with Gasteiger partial charge in [0, 0.05) is 34.8 Å². The molecule has 0 spiro atoms. The third kappa shape index (κ3) is 3.69. The molecule has 1 saturated carbocycles. The molecule has 28 heavy (non-hydrogen) atoms. The number of aromatic amines is 1. The summed E-state index contributed by atoms with van der Waals surface area (Å²) in [5.41, 5.74) is 3.33. The zero-order valence-corrected chi connectivity index (χ0v) is 17.5. The second-order valence-corrected chi connectivity index (χ2v) is 8.17. The average Bonchev–Trinajstić information content (AvgIpc) is 3.12. The quantitative estimate of drug-likeness (QED) is 0.525. The van der Waals surface area contributed by atoms with Crippen molar-refractivity contribution >= 4 is 44.0 Å². The van der Waals surface area contributed by atoms with Crippen molar-refractivity contribution in [2.75, 3.05) is 17.3 Å². The van der Waals surface area contributed by atoms with E-state index in [0.29, 0.717) is 11.6 Å². The van der Waals surface area contributed by atoms with Gasteiger partial charge in [-0.05, 0) is 40.9 Å². The van der Waals surface area contributed by atoms with Gasteiger partial charge in [-0.1, -0.05) is 25.7 Å². The molecule has 144 valence electrons. The van der Waals surface area contributed by atoms with Crippen LogP contribution in [0.1, 0.15) is 44.1 Å². The van der Waals surface area contributed by atoms with Gasteiger partial charge in [-0.25, -0.2) is 4.98 Å². The lowest BCUT2D eigenvalue weighted by molar-refractivity contribution is 0.620. The summed E-state index contributed by atoms with van der Waals surface area (Å²) < 4.78 is 0.903. The number of imidazole rings is 1. The summed E-state index contributed by atoms with van der Waals surface area (Å²) in [5.74, 6) is 0.897. The van der Waals surface area contributed by atoms with Crippen LogP contribution >= 0.6 is 15.9 Å². The van der Waals surface area contributed by atoms with E-state index < -0.39 is 0 Å². The lowest BCUT2D eigenvalue weighted by Crippen LogP contribution is -2.19. The summed E-state index contributed by atoms with van der Waals surface area (Å²) in [6.07, 6.45) is 12.5. The van der Waals surface area contributed by atoms with Crippen molar-refractivity contribution in [3.8, 4) is 6.07 Å². The van der Waals surface area contributed by atoms with Crippen LogP contribution in [0, 0.1) is 11.3 Å². The molecule has 4 rings (SSSR count). The number of nitriles is 1. The third-order valence-corrected chi connectivity index (χ3v) is 6.07. The van der Waals surface area contributed by atoms with Gasteiger partial charge in [0.1, 0.15) is 11.9 Å². The van der Waals surface area contributed by atoms with Crippen molar-refractivity contribution in [3.63, 3.8) is 0 Å². The van der Waals surface area contributed by atoms with Gasteiger partial charge in [-0.2, -0.15) is 5.26 Å². The Morgan fingerprint density at radius 1 is 1.21 bits per heavy atom. The van der Waals surface area contributed by atoms with Gasteiger partial charge in [0.05, 0.1) is 29.3 Å². The minimum absolute atomic E-state index is 0.396. The highest BCUT2D eigenvalue weighted by atomic mass is 79.9. The highest BCUT2D eigenvalue weighted by Crippen LogP contribution is 2.37. The fourth-order valence-corrected chi connectivity index (χ4v) is 4.43. The molecule has 2 N–H and O–H groups in total. The molecule has 0 unspecified atom stereocenters. The van der Waals surface area contributed by atoms with E-state index in [9.17, 15) is 5.26 Å². The number of hydrogen-bond acceptors (Lipinski definition) is 5. The van der Waals surface area contributed by atoms with Crippen molar-refractivity contribution in [2.45, 2.75) is 44.6 Å². The molecule has 1 fully saturated rings. The van der Waals surface area contributed by atoms with Crippen LogP contribution in [0.3, 0.4) is 0 Å². The number of fused-ring (bicyclic) bond motifs is 1. The first-order chi connectivity index (χ1) is 13.7. The highest BCUT2D eigenvalue weighted by molar-refractivity contribution is 9.10. The van der Waals surface area contributed by atoms with Gasteiger partial charge < -0.3 is 15.2 Å². The van der Waals surface area contributed by atoms with E-state index in [1.54, 1.807) is 18.7 Å². The van der Waals surface area contributed by atoms with Gasteiger partial charge >= 0.3 is 0 Å². The van der Waals surface area contributed by atoms with Crippen LogP contribution in [0.2, 0.25) is 0 Å². The molecule has 0 bridgehead atoms. The Kier molecular flexibility index (Phi) is 5.49. The van der Waals surface area contributed by atoms with Crippen LogP contribution in [0.5, 0.6) is 0 Å².